The minimum absolute atomic E-state index is 0.0229. The Morgan fingerprint density at radius 2 is 1.82 bits per heavy atom. The summed E-state index contributed by atoms with van der Waals surface area (Å²) >= 11 is 0. The van der Waals surface area contributed by atoms with E-state index in [1.165, 1.54) is 0 Å². The first-order chi connectivity index (χ1) is 8.00. The van der Waals surface area contributed by atoms with Gasteiger partial charge in [0.05, 0.1) is 11.8 Å². The van der Waals surface area contributed by atoms with Crippen molar-refractivity contribution in [1.82, 2.24) is 10.2 Å². The maximum absolute atomic E-state index is 12.3. The van der Waals surface area contributed by atoms with Gasteiger partial charge in [0.2, 0.25) is 5.91 Å². The molecule has 0 radical (unpaired) electrons. The highest BCUT2D eigenvalue weighted by Crippen LogP contribution is 2.27. The summed E-state index contributed by atoms with van der Waals surface area (Å²) in [6.45, 7) is 6.53. The molecule has 4 atom stereocenters. The van der Waals surface area contributed by atoms with E-state index < -0.39 is 11.9 Å². The van der Waals surface area contributed by atoms with Crippen LogP contribution < -0.4 is 5.32 Å². The van der Waals surface area contributed by atoms with Crippen LogP contribution in [-0.2, 0) is 9.59 Å². The molecule has 0 unspecified atom stereocenters. The fourth-order valence-electron chi connectivity index (χ4n) is 2.84. The second kappa shape index (κ2) is 4.64. The lowest BCUT2D eigenvalue weighted by Gasteiger charge is -2.22. The van der Waals surface area contributed by atoms with E-state index >= 15 is 0 Å². The van der Waals surface area contributed by atoms with Crippen molar-refractivity contribution in [3.63, 3.8) is 0 Å². The van der Waals surface area contributed by atoms with Crippen molar-refractivity contribution in [2.75, 3.05) is 26.2 Å². The molecule has 2 aliphatic rings. The molecule has 2 heterocycles. The molecule has 5 heteroatoms. The number of nitrogens with one attached hydrogen (secondary N) is 1. The molecule has 0 spiro atoms. The molecule has 2 rings (SSSR count). The molecule has 0 saturated carbocycles. The molecule has 5 nitrogen and oxygen atoms in total. The Hall–Kier alpha value is -1.10. The Balaban J connectivity index is 2.00. The number of carbonyl (C=O) groups is 2. The summed E-state index contributed by atoms with van der Waals surface area (Å²) in [5, 5.41) is 12.3. The van der Waals surface area contributed by atoms with Gasteiger partial charge in [-0.25, -0.2) is 0 Å². The average molecular weight is 240 g/mol. The lowest BCUT2D eigenvalue weighted by atomic mass is 9.97. The lowest BCUT2D eigenvalue weighted by molar-refractivity contribution is -0.142. The first kappa shape index (κ1) is 12.4. The summed E-state index contributed by atoms with van der Waals surface area (Å²) in [5.41, 5.74) is 0. The Morgan fingerprint density at radius 3 is 2.29 bits per heavy atom. The van der Waals surface area contributed by atoms with Crippen LogP contribution in [0.1, 0.15) is 13.8 Å². The van der Waals surface area contributed by atoms with Crippen LogP contribution in [0.2, 0.25) is 0 Å². The predicted molar refractivity (Wildman–Crippen MR) is 62.4 cm³/mol. The molecule has 17 heavy (non-hydrogen) atoms. The average Bonchev–Trinajstić information content (AvgIpc) is 2.83. The zero-order chi connectivity index (χ0) is 12.6. The van der Waals surface area contributed by atoms with Gasteiger partial charge in [0.15, 0.2) is 0 Å². The zero-order valence-electron chi connectivity index (χ0n) is 10.3. The van der Waals surface area contributed by atoms with Crippen LogP contribution in [0, 0.1) is 23.7 Å². The Labute approximate surface area is 101 Å². The van der Waals surface area contributed by atoms with Crippen molar-refractivity contribution in [1.29, 1.82) is 0 Å². The quantitative estimate of drug-likeness (QED) is 0.714. The van der Waals surface area contributed by atoms with Crippen LogP contribution >= 0.6 is 0 Å². The largest absolute Gasteiger partial charge is 0.481 e. The number of amides is 1. The molecule has 2 fully saturated rings. The van der Waals surface area contributed by atoms with E-state index in [0.717, 1.165) is 13.1 Å². The molecule has 0 aromatic carbocycles. The minimum atomic E-state index is -0.787. The predicted octanol–water partition coefficient (Wildman–Crippen LogP) is 0.0210. The topological polar surface area (TPSA) is 69.6 Å². The summed E-state index contributed by atoms with van der Waals surface area (Å²) in [5.74, 6) is -0.635. The molecular weight excluding hydrogens is 220 g/mol. The summed E-state index contributed by atoms with van der Waals surface area (Å²) in [6, 6.07) is 0. The maximum Gasteiger partial charge on any atom is 0.308 e. The SMILES string of the molecule is C[C@@H]1CN(C(=O)[C@@H]2CNC[C@H]2C)C[C@H]1C(=O)O. The first-order valence-corrected chi connectivity index (χ1v) is 6.23. The Kier molecular flexibility index (Phi) is 3.38. The summed E-state index contributed by atoms with van der Waals surface area (Å²) < 4.78 is 0. The van der Waals surface area contributed by atoms with Crippen LogP contribution in [-0.4, -0.2) is 48.1 Å². The summed E-state index contributed by atoms with van der Waals surface area (Å²) in [6.07, 6.45) is 0. The highest BCUT2D eigenvalue weighted by molar-refractivity contribution is 5.81. The van der Waals surface area contributed by atoms with E-state index in [4.69, 9.17) is 5.11 Å². The van der Waals surface area contributed by atoms with Crippen LogP contribution in [0.5, 0.6) is 0 Å². The number of nitrogens with zero attached hydrogens (tertiary/aromatic N) is 1. The second-order valence-electron chi connectivity index (χ2n) is 5.41. The number of aliphatic carboxylic acids is 1. The summed E-state index contributed by atoms with van der Waals surface area (Å²) in [4.78, 5) is 25.0. The van der Waals surface area contributed by atoms with Gasteiger partial charge in [-0.05, 0) is 18.4 Å². The third kappa shape index (κ3) is 2.29. The van der Waals surface area contributed by atoms with Gasteiger partial charge in [-0.1, -0.05) is 13.8 Å². The normalized spacial score (nSPS) is 37.4. The standard InChI is InChI=1S/C12H20N2O3/c1-7-3-13-4-9(7)11(15)14-5-8(2)10(6-14)12(16)17/h7-10,13H,3-6H2,1-2H3,(H,16,17)/t7-,8-,9-,10-/m1/s1. The third-order valence-corrected chi connectivity index (χ3v) is 4.08. The van der Waals surface area contributed by atoms with E-state index in [1.807, 2.05) is 6.92 Å². The monoisotopic (exact) mass is 240 g/mol. The van der Waals surface area contributed by atoms with Crippen molar-refractivity contribution >= 4 is 11.9 Å². The van der Waals surface area contributed by atoms with Gasteiger partial charge >= 0.3 is 5.97 Å². The van der Waals surface area contributed by atoms with Crippen molar-refractivity contribution in [3.05, 3.63) is 0 Å². The maximum atomic E-state index is 12.3. The molecule has 2 aliphatic heterocycles. The molecule has 1 amide bonds. The molecule has 2 saturated heterocycles. The number of carboxylic acid groups (broad SMARTS) is 1. The van der Waals surface area contributed by atoms with E-state index in [9.17, 15) is 9.59 Å². The smallest absolute Gasteiger partial charge is 0.308 e. The minimum Gasteiger partial charge on any atom is -0.481 e. The van der Waals surface area contributed by atoms with Crippen LogP contribution in [0.3, 0.4) is 0 Å². The number of carboxylic acids is 1. The molecular formula is C12H20N2O3. The number of hydrogen-bond donors (Lipinski definition) is 2. The molecule has 0 aromatic rings. The van der Waals surface area contributed by atoms with Crippen LogP contribution in [0.15, 0.2) is 0 Å². The zero-order valence-corrected chi connectivity index (χ0v) is 10.3. The van der Waals surface area contributed by atoms with Gasteiger partial charge in [0.25, 0.3) is 0 Å². The number of rotatable bonds is 2. The van der Waals surface area contributed by atoms with Gasteiger partial charge in [0, 0.05) is 19.6 Å². The molecule has 2 N–H and O–H groups in total. The van der Waals surface area contributed by atoms with Crippen LogP contribution in [0.4, 0.5) is 0 Å². The molecule has 0 aliphatic carbocycles. The van der Waals surface area contributed by atoms with Crippen molar-refractivity contribution < 1.29 is 14.7 Å². The van der Waals surface area contributed by atoms with Crippen molar-refractivity contribution in [2.24, 2.45) is 23.7 Å². The van der Waals surface area contributed by atoms with Crippen molar-refractivity contribution in [3.8, 4) is 0 Å². The molecule has 0 aromatic heterocycles. The van der Waals surface area contributed by atoms with Crippen molar-refractivity contribution in [2.45, 2.75) is 13.8 Å². The fraction of sp³-hybridized carbons (Fsp3) is 0.833. The van der Waals surface area contributed by atoms with Gasteiger partial charge < -0.3 is 15.3 Å². The highest BCUT2D eigenvalue weighted by Gasteiger charge is 2.40. The van der Waals surface area contributed by atoms with Gasteiger partial charge in [-0.15, -0.1) is 0 Å². The first-order valence-electron chi connectivity index (χ1n) is 6.23. The van der Waals surface area contributed by atoms with E-state index in [0.29, 0.717) is 19.0 Å². The second-order valence-corrected chi connectivity index (χ2v) is 5.41. The fourth-order valence-corrected chi connectivity index (χ4v) is 2.84. The van der Waals surface area contributed by atoms with Gasteiger partial charge in [-0.3, -0.25) is 9.59 Å². The number of hydrogen-bond acceptors (Lipinski definition) is 3. The molecule has 0 bridgehead atoms. The Bertz CT molecular complexity index is 332. The third-order valence-electron chi connectivity index (χ3n) is 4.08. The van der Waals surface area contributed by atoms with E-state index in [-0.39, 0.29) is 17.7 Å². The summed E-state index contributed by atoms with van der Waals surface area (Å²) in [7, 11) is 0. The van der Waals surface area contributed by atoms with Gasteiger partial charge in [0.1, 0.15) is 0 Å². The number of carbonyl (C=O) groups excluding carboxylic acids is 1. The highest BCUT2D eigenvalue weighted by atomic mass is 16.4. The van der Waals surface area contributed by atoms with E-state index in [2.05, 4.69) is 12.2 Å². The van der Waals surface area contributed by atoms with E-state index in [1.54, 1.807) is 4.90 Å². The lowest BCUT2D eigenvalue weighted by Crippen LogP contribution is -2.37. The number of likely N-dealkylation sites (tertiary alicyclic amines) is 1. The molecule has 96 valence electrons. The Morgan fingerprint density at radius 1 is 1.12 bits per heavy atom. The van der Waals surface area contributed by atoms with Crippen LogP contribution in [0.25, 0.3) is 0 Å². The van der Waals surface area contributed by atoms with Gasteiger partial charge in [-0.2, -0.15) is 0 Å².